The third-order valence-corrected chi connectivity index (χ3v) is 2.34. The van der Waals surface area contributed by atoms with Crippen LogP contribution < -0.4 is 5.32 Å². The van der Waals surface area contributed by atoms with Crippen molar-refractivity contribution in [3.8, 4) is 0 Å². The van der Waals surface area contributed by atoms with Crippen LogP contribution >= 0.6 is 12.4 Å². The maximum Gasteiger partial charge on any atom is 0.252 e. The van der Waals surface area contributed by atoms with Crippen LogP contribution in [0.25, 0.3) is 0 Å². The van der Waals surface area contributed by atoms with Crippen molar-refractivity contribution in [1.29, 1.82) is 0 Å². The summed E-state index contributed by atoms with van der Waals surface area (Å²) in [6.45, 7) is 4.92. The molecule has 0 aromatic rings. The quantitative estimate of drug-likeness (QED) is 0.760. The SMILES string of the molecule is CC(C)CC(F)(F)C1CCNC1.Cl. The lowest BCUT2D eigenvalue weighted by molar-refractivity contribution is -0.0673. The predicted molar refractivity (Wildman–Crippen MR) is 52.6 cm³/mol. The lowest BCUT2D eigenvalue weighted by Crippen LogP contribution is -2.31. The summed E-state index contributed by atoms with van der Waals surface area (Å²) in [5.41, 5.74) is 0. The van der Waals surface area contributed by atoms with Crippen LogP contribution in [0.5, 0.6) is 0 Å². The Kier molecular flexibility index (Phi) is 5.15. The van der Waals surface area contributed by atoms with E-state index in [9.17, 15) is 8.78 Å². The van der Waals surface area contributed by atoms with E-state index < -0.39 is 11.8 Å². The largest absolute Gasteiger partial charge is 0.316 e. The summed E-state index contributed by atoms with van der Waals surface area (Å²) in [5, 5.41) is 2.97. The van der Waals surface area contributed by atoms with Gasteiger partial charge in [0.15, 0.2) is 0 Å². The van der Waals surface area contributed by atoms with Crippen molar-refractivity contribution >= 4 is 12.4 Å². The smallest absolute Gasteiger partial charge is 0.252 e. The number of hydrogen-bond acceptors (Lipinski definition) is 1. The molecule has 1 aliphatic heterocycles. The molecular formula is C9H18ClF2N. The van der Waals surface area contributed by atoms with E-state index in [-0.39, 0.29) is 24.7 Å². The van der Waals surface area contributed by atoms with Crippen LogP contribution in [0.4, 0.5) is 8.78 Å². The first-order valence-corrected chi connectivity index (χ1v) is 4.61. The van der Waals surface area contributed by atoms with Gasteiger partial charge in [-0.3, -0.25) is 0 Å². The normalized spacial score (nSPS) is 23.3. The van der Waals surface area contributed by atoms with Gasteiger partial charge in [-0.2, -0.15) is 0 Å². The summed E-state index contributed by atoms with van der Waals surface area (Å²) >= 11 is 0. The van der Waals surface area contributed by atoms with Crippen molar-refractivity contribution in [2.75, 3.05) is 13.1 Å². The summed E-state index contributed by atoms with van der Waals surface area (Å²) in [6.07, 6.45) is 0.652. The van der Waals surface area contributed by atoms with Crippen LogP contribution in [0.15, 0.2) is 0 Å². The minimum absolute atomic E-state index is 0. The van der Waals surface area contributed by atoms with E-state index in [1.807, 2.05) is 13.8 Å². The van der Waals surface area contributed by atoms with Crippen LogP contribution in [0.3, 0.4) is 0 Å². The van der Waals surface area contributed by atoms with Gasteiger partial charge < -0.3 is 5.32 Å². The highest BCUT2D eigenvalue weighted by atomic mass is 35.5. The van der Waals surface area contributed by atoms with E-state index >= 15 is 0 Å². The third kappa shape index (κ3) is 3.77. The highest BCUT2D eigenvalue weighted by molar-refractivity contribution is 5.85. The predicted octanol–water partition coefficient (Wildman–Crippen LogP) is 2.70. The van der Waals surface area contributed by atoms with E-state index in [0.717, 1.165) is 6.54 Å². The summed E-state index contributed by atoms with van der Waals surface area (Å²) in [5.74, 6) is -2.81. The maximum absolute atomic E-state index is 13.3. The first-order valence-electron chi connectivity index (χ1n) is 4.61. The van der Waals surface area contributed by atoms with Crippen molar-refractivity contribution in [3.05, 3.63) is 0 Å². The monoisotopic (exact) mass is 213 g/mol. The lowest BCUT2D eigenvalue weighted by Gasteiger charge is -2.24. The molecule has 1 saturated heterocycles. The molecular weight excluding hydrogens is 196 g/mol. The zero-order valence-corrected chi connectivity index (χ0v) is 8.96. The van der Waals surface area contributed by atoms with Crippen LogP contribution in [0.2, 0.25) is 0 Å². The average molecular weight is 214 g/mol. The molecule has 1 atom stereocenters. The zero-order valence-electron chi connectivity index (χ0n) is 8.15. The van der Waals surface area contributed by atoms with Crippen LogP contribution in [0, 0.1) is 11.8 Å². The molecule has 4 heteroatoms. The van der Waals surface area contributed by atoms with Crippen molar-refractivity contribution in [3.63, 3.8) is 0 Å². The van der Waals surface area contributed by atoms with Crippen LogP contribution in [-0.4, -0.2) is 19.0 Å². The molecule has 13 heavy (non-hydrogen) atoms. The molecule has 1 heterocycles. The van der Waals surface area contributed by atoms with Crippen molar-refractivity contribution in [2.45, 2.75) is 32.6 Å². The highest BCUT2D eigenvalue weighted by Crippen LogP contribution is 2.34. The second-order valence-corrected chi connectivity index (χ2v) is 4.05. The van der Waals surface area contributed by atoms with E-state index in [1.54, 1.807) is 0 Å². The van der Waals surface area contributed by atoms with Gasteiger partial charge in [0.1, 0.15) is 0 Å². The second-order valence-electron chi connectivity index (χ2n) is 4.05. The van der Waals surface area contributed by atoms with Gasteiger partial charge >= 0.3 is 0 Å². The standard InChI is InChI=1S/C9H17F2N.ClH/c1-7(2)5-9(10,11)8-3-4-12-6-8;/h7-8,12H,3-6H2,1-2H3;1H. The minimum Gasteiger partial charge on any atom is -0.316 e. The lowest BCUT2D eigenvalue weighted by atomic mass is 9.93. The Morgan fingerprint density at radius 3 is 2.46 bits per heavy atom. The Hall–Kier alpha value is 0.110. The molecule has 1 aliphatic rings. The second kappa shape index (κ2) is 5.11. The molecule has 0 bridgehead atoms. The van der Waals surface area contributed by atoms with E-state index in [2.05, 4.69) is 5.32 Å². The molecule has 0 amide bonds. The average Bonchev–Trinajstić information content (AvgIpc) is 2.32. The Morgan fingerprint density at radius 1 is 1.46 bits per heavy atom. The number of alkyl halides is 2. The Morgan fingerprint density at radius 2 is 2.08 bits per heavy atom. The number of rotatable bonds is 3. The molecule has 1 rings (SSSR count). The summed E-state index contributed by atoms with van der Waals surface area (Å²) in [4.78, 5) is 0. The van der Waals surface area contributed by atoms with Crippen molar-refractivity contribution in [1.82, 2.24) is 5.32 Å². The van der Waals surface area contributed by atoms with Crippen LogP contribution in [0.1, 0.15) is 26.7 Å². The van der Waals surface area contributed by atoms with Gasteiger partial charge in [-0.25, -0.2) is 8.78 Å². The van der Waals surface area contributed by atoms with Gasteiger partial charge in [-0.15, -0.1) is 12.4 Å². The fraction of sp³-hybridized carbons (Fsp3) is 1.00. The molecule has 80 valence electrons. The highest BCUT2D eigenvalue weighted by Gasteiger charge is 2.40. The Balaban J connectivity index is 0.00000144. The molecule has 0 spiro atoms. The van der Waals surface area contributed by atoms with Gasteiger partial charge in [0, 0.05) is 18.9 Å². The summed E-state index contributed by atoms with van der Waals surface area (Å²) < 4.78 is 26.7. The maximum atomic E-state index is 13.3. The first-order chi connectivity index (χ1) is 5.52. The van der Waals surface area contributed by atoms with Gasteiger partial charge in [0.2, 0.25) is 0 Å². The molecule has 1 unspecified atom stereocenters. The Labute approximate surface area is 84.7 Å². The zero-order chi connectivity index (χ0) is 9.19. The van der Waals surface area contributed by atoms with E-state index in [1.165, 1.54) is 0 Å². The molecule has 0 aromatic carbocycles. The summed E-state index contributed by atoms with van der Waals surface area (Å²) in [7, 11) is 0. The number of hydrogen-bond donors (Lipinski definition) is 1. The van der Waals surface area contributed by atoms with Gasteiger partial charge in [-0.1, -0.05) is 13.8 Å². The molecule has 0 aliphatic carbocycles. The summed E-state index contributed by atoms with van der Waals surface area (Å²) in [6, 6.07) is 0. The molecule has 0 radical (unpaired) electrons. The number of halogens is 3. The third-order valence-electron chi connectivity index (χ3n) is 2.34. The van der Waals surface area contributed by atoms with Crippen molar-refractivity contribution < 1.29 is 8.78 Å². The van der Waals surface area contributed by atoms with E-state index in [4.69, 9.17) is 0 Å². The molecule has 0 aromatic heterocycles. The van der Waals surface area contributed by atoms with Crippen molar-refractivity contribution in [2.24, 2.45) is 11.8 Å². The minimum atomic E-state index is -2.46. The fourth-order valence-corrected chi connectivity index (χ4v) is 1.73. The molecule has 1 fully saturated rings. The fourth-order valence-electron chi connectivity index (χ4n) is 1.73. The van der Waals surface area contributed by atoms with Gasteiger partial charge in [0.05, 0.1) is 0 Å². The molecule has 1 N–H and O–H groups in total. The number of nitrogens with one attached hydrogen (secondary N) is 1. The van der Waals surface area contributed by atoms with Crippen LogP contribution in [-0.2, 0) is 0 Å². The first kappa shape index (κ1) is 13.1. The van der Waals surface area contributed by atoms with E-state index in [0.29, 0.717) is 13.0 Å². The topological polar surface area (TPSA) is 12.0 Å². The Bertz CT molecular complexity index is 145. The van der Waals surface area contributed by atoms with Gasteiger partial charge in [0.25, 0.3) is 5.92 Å². The molecule has 1 nitrogen and oxygen atoms in total. The van der Waals surface area contributed by atoms with Gasteiger partial charge in [-0.05, 0) is 18.9 Å². The molecule has 0 saturated carbocycles.